The van der Waals surface area contributed by atoms with Crippen molar-refractivity contribution in [3.63, 3.8) is 0 Å². The zero-order valence-corrected chi connectivity index (χ0v) is 13.4. The van der Waals surface area contributed by atoms with Crippen molar-refractivity contribution >= 4 is 11.8 Å². The molecule has 0 aliphatic carbocycles. The Morgan fingerprint density at radius 1 is 0.846 bits per heavy atom. The van der Waals surface area contributed by atoms with Crippen molar-refractivity contribution in [2.75, 3.05) is 13.1 Å². The standard InChI is InChI=1S/C18H14F3N3O2/c19-18(20,21)15-7-5-14(6-8-15)17(26)24-10-9-23-16(25)13-3-1-12(11-22)2-4-13/h1-8H,9-10H2,(H,23,25)(H,24,26). The number of hydrogen-bond donors (Lipinski definition) is 2. The summed E-state index contributed by atoms with van der Waals surface area (Å²) in [5.41, 5.74) is 0.0727. The average molecular weight is 361 g/mol. The lowest BCUT2D eigenvalue weighted by Gasteiger charge is -2.09. The number of benzene rings is 2. The Bertz CT molecular complexity index is 823. The van der Waals surface area contributed by atoms with Crippen LogP contribution in [-0.2, 0) is 6.18 Å². The van der Waals surface area contributed by atoms with Gasteiger partial charge >= 0.3 is 6.18 Å². The van der Waals surface area contributed by atoms with Crippen molar-refractivity contribution in [3.8, 4) is 6.07 Å². The van der Waals surface area contributed by atoms with Gasteiger partial charge in [0.2, 0.25) is 0 Å². The summed E-state index contributed by atoms with van der Waals surface area (Å²) in [6, 6.07) is 11.8. The van der Waals surface area contributed by atoms with Crippen LogP contribution >= 0.6 is 0 Å². The molecule has 2 aromatic rings. The summed E-state index contributed by atoms with van der Waals surface area (Å²) < 4.78 is 37.4. The summed E-state index contributed by atoms with van der Waals surface area (Å²) in [4.78, 5) is 23.7. The third-order valence-corrected chi connectivity index (χ3v) is 3.45. The van der Waals surface area contributed by atoms with Gasteiger partial charge in [-0.3, -0.25) is 9.59 Å². The number of carbonyl (C=O) groups is 2. The first kappa shape index (κ1) is 19.0. The summed E-state index contributed by atoms with van der Waals surface area (Å²) in [5.74, 6) is -0.899. The lowest BCUT2D eigenvalue weighted by molar-refractivity contribution is -0.137. The molecule has 0 saturated carbocycles. The molecule has 0 aliphatic heterocycles. The zero-order valence-electron chi connectivity index (χ0n) is 13.4. The van der Waals surface area contributed by atoms with Crippen molar-refractivity contribution in [1.82, 2.24) is 10.6 Å². The predicted molar refractivity (Wildman–Crippen MR) is 87.3 cm³/mol. The molecular formula is C18H14F3N3O2. The van der Waals surface area contributed by atoms with Gasteiger partial charge in [-0.05, 0) is 48.5 Å². The second-order valence-corrected chi connectivity index (χ2v) is 5.28. The van der Waals surface area contributed by atoms with Crippen molar-refractivity contribution in [1.29, 1.82) is 5.26 Å². The molecule has 2 N–H and O–H groups in total. The van der Waals surface area contributed by atoms with Gasteiger partial charge in [-0.25, -0.2) is 0 Å². The first-order valence-corrected chi connectivity index (χ1v) is 7.55. The van der Waals surface area contributed by atoms with E-state index in [-0.39, 0.29) is 24.6 Å². The molecule has 5 nitrogen and oxygen atoms in total. The third kappa shape index (κ3) is 5.08. The fourth-order valence-electron chi connectivity index (χ4n) is 2.06. The number of amides is 2. The highest BCUT2D eigenvalue weighted by Gasteiger charge is 2.30. The predicted octanol–water partition coefficient (Wildman–Crippen LogP) is 2.74. The Balaban J connectivity index is 1.79. The molecule has 134 valence electrons. The van der Waals surface area contributed by atoms with Gasteiger partial charge in [0, 0.05) is 24.2 Å². The van der Waals surface area contributed by atoms with E-state index in [1.807, 2.05) is 6.07 Å². The minimum absolute atomic E-state index is 0.0939. The number of alkyl halides is 3. The van der Waals surface area contributed by atoms with Gasteiger partial charge < -0.3 is 10.6 Å². The molecule has 0 radical (unpaired) electrons. The smallest absolute Gasteiger partial charge is 0.350 e. The highest BCUT2D eigenvalue weighted by Crippen LogP contribution is 2.29. The Morgan fingerprint density at radius 2 is 1.27 bits per heavy atom. The molecule has 0 saturated heterocycles. The Labute approximate surface area is 147 Å². The van der Waals surface area contributed by atoms with Gasteiger partial charge in [0.05, 0.1) is 17.2 Å². The van der Waals surface area contributed by atoms with E-state index in [4.69, 9.17) is 5.26 Å². The Morgan fingerprint density at radius 3 is 1.65 bits per heavy atom. The molecule has 0 spiro atoms. The Hall–Kier alpha value is -3.34. The van der Waals surface area contributed by atoms with Crippen LogP contribution in [0.2, 0.25) is 0 Å². The molecule has 2 amide bonds. The van der Waals surface area contributed by atoms with Gasteiger partial charge in [0.25, 0.3) is 11.8 Å². The minimum atomic E-state index is -4.45. The van der Waals surface area contributed by atoms with Crippen LogP contribution in [0.15, 0.2) is 48.5 Å². The first-order valence-electron chi connectivity index (χ1n) is 7.55. The molecule has 0 heterocycles. The summed E-state index contributed by atoms with van der Waals surface area (Å²) in [6.07, 6.45) is -4.45. The topological polar surface area (TPSA) is 82.0 Å². The number of hydrogen-bond acceptors (Lipinski definition) is 3. The monoisotopic (exact) mass is 361 g/mol. The molecule has 0 fully saturated rings. The number of nitrogens with one attached hydrogen (secondary N) is 2. The number of halogens is 3. The SMILES string of the molecule is N#Cc1ccc(C(=O)NCCNC(=O)c2ccc(C(F)(F)F)cc2)cc1. The molecule has 8 heteroatoms. The average Bonchev–Trinajstić information content (AvgIpc) is 2.64. The third-order valence-electron chi connectivity index (χ3n) is 3.45. The van der Waals surface area contributed by atoms with E-state index in [0.29, 0.717) is 11.1 Å². The van der Waals surface area contributed by atoms with Crippen LogP contribution in [0.25, 0.3) is 0 Å². The second kappa shape index (κ2) is 8.16. The fraction of sp³-hybridized carbons (Fsp3) is 0.167. The van der Waals surface area contributed by atoms with E-state index in [1.54, 1.807) is 0 Å². The maximum atomic E-state index is 12.5. The minimum Gasteiger partial charge on any atom is -0.350 e. The second-order valence-electron chi connectivity index (χ2n) is 5.28. The normalized spacial score (nSPS) is 10.7. The van der Waals surface area contributed by atoms with Gasteiger partial charge in [-0.2, -0.15) is 18.4 Å². The van der Waals surface area contributed by atoms with Crippen LogP contribution in [-0.4, -0.2) is 24.9 Å². The maximum Gasteiger partial charge on any atom is 0.416 e. The number of rotatable bonds is 5. The Kier molecular flexibility index (Phi) is 5.96. The van der Waals surface area contributed by atoms with E-state index >= 15 is 0 Å². The van der Waals surface area contributed by atoms with E-state index in [1.165, 1.54) is 24.3 Å². The summed E-state index contributed by atoms with van der Waals surface area (Å²) in [7, 11) is 0. The molecule has 2 aromatic carbocycles. The van der Waals surface area contributed by atoms with Crippen molar-refractivity contribution in [3.05, 3.63) is 70.8 Å². The van der Waals surface area contributed by atoms with Crippen molar-refractivity contribution in [2.24, 2.45) is 0 Å². The van der Waals surface area contributed by atoms with Gasteiger partial charge in [-0.1, -0.05) is 0 Å². The first-order chi connectivity index (χ1) is 12.3. The summed E-state index contributed by atoms with van der Waals surface area (Å²) in [6.45, 7) is 0.257. The fourth-order valence-corrected chi connectivity index (χ4v) is 2.06. The maximum absolute atomic E-state index is 12.5. The van der Waals surface area contributed by atoms with E-state index in [2.05, 4.69) is 10.6 Å². The molecule has 26 heavy (non-hydrogen) atoms. The number of nitrogens with zero attached hydrogens (tertiary/aromatic N) is 1. The van der Waals surface area contributed by atoms with Gasteiger partial charge in [-0.15, -0.1) is 0 Å². The molecule has 0 unspecified atom stereocenters. The van der Waals surface area contributed by atoms with Crippen LogP contribution in [0.3, 0.4) is 0 Å². The van der Waals surface area contributed by atoms with E-state index in [0.717, 1.165) is 24.3 Å². The number of carbonyl (C=O) groups excluding carboxylic acids is 2. The molecule has 2 rings (SSSR count). The van der Waals surface area contributed by atoms with Crippen LogP contribution < -0.4 is 10.6 Å². The number of nitriles is 1. The largest absolute Gasteiger partial charge is 0.416 e. The zero-order chi connectivity index (χ0) is 19.2. The van der Waals surface area contributed by atoms with Crippen molar-refractivity contribution < 1.29 is 22.8 Å². The lowest BCUT2D eigenvalue weighted by atomic mass is 10.1. The van der Waals surface area contributed by atoms with E-state index < -0.39 is 17.6 Å². The van der Waals surface area contributed by atoms with Gasteiger partial charge in [0.1, 0.15) is 0 Å². The van der Waals surface area contributed by atoms with E-state index in [9.17, 15) is 22.8 Å². The molecule has 0 aromatic heterocycles. The highest BCUT2D eigenvalue weighted by atomic mass is 19.4. The van der Waals surface area contributed by atoms with Gasteiger partial charge in [0.15, 0.2) is 0 Å². The molecule has 0 atom stereocenters. The van der Waals surface area contributed by atoms with Crippen LogP contribution in [0, 0.1) is 11.3 Å². The molecule has 0 bridgehead atoms. The van der Waals surface area contributed by atoms with Crippen molar-refractivity contribution in [2.45, 2.75) is 6.18 Å². The quantitative estimate of drug-likeness (QED) is 0.804. The molecule has 0 aliphatic rings. The van der Waals surface area contributed by atoms with Crippen LogP contribution in [0.5, 0.6) is 0 Å². The summed E-state index contributed by atoms with van der Waals surface area (Å²) in [5, 5.41) is 13.8. The lowest BCUT2D eigenvalue weighted by Crippen LogP contribution is -2.34. The highest BCUT2D eigenvalue weighted by molar-refractivity contribution is 5.95. The van der Waals surface area contributed by atoms with Crippen LogP contribution in [0.4, 0.5) is 13.2 Å². The molecular weight excluding hydrogens is 347 g/mol. The van der Waals surface area contributed by atoms with Crippen LogP contribution in [0.1, 0.15) is 31.8 Å². The summed E-state index contributed by atoms with van der Waals surface area (Å²) >= 11 is 0.